The fraction of sp³-hybridized carbons (Fsp3) is 0.400. The number of carbonyl (C=O) groups is 2. The Balaban J connectivity index is 2.79. The minimum atomic E-state index is -1.02. The molecule has 1 amide bonds. The van der Waals surface area contributed by atoms with Crippen LogP contribution in [-0.4, -0.2) is 26.5 Å². The number of benzene rings is 1. The number of aromatic nitrogens is 2. The summed E-state index contributed by atoms with van der Waals surface area (Å²) in [5.74, 6) is -0.766. The predicted molar refractivity (Wildman–Crippen MR) is 79.2 cm³/mol. The Morgan fingerprint density at radius 2 is 2.05 bits per heavy atom. The molecule has 1 aromatic carbocycles. The van der Waals surface area contributed by atoms with E-state index in [0.717, 1.165) is 12.2 Å². The molecule has 0 saturated carbocycles. The van der Waals surface area contributed by atoms with Gasteiger partial charge in [0.1, 0.15) is 11.4 Å². The maximum absolute atomic E-state index is 11.8. The molecular formula is C15H19N3O3. The van der Waals surface area contributed by atoms with Crippen LogP contribution >= 0.6 is 0 Å². The molecule has 0 fully saturated rings. The van der Waals surface area contributed by atoms with Crippen molar-refractivity contribution in [2.75, 3.05) is 0 Å². The minimum absolute atomic E-state index is 0.159. The first-order chi connectivity index (χ1) is 9.78. The van der Waals surface area contributed by atoms with Gasteiger partial charge in [-0.15, -0.1) is 0 Å². The third-order valence-corrected chi connectivity index (χ3v) is 3.61. The van der Waals surface area contributed by atoms with E-state index in [9.17, 15) is 9.59 Å². The number of carbonyl (C=O) groups excluding carboxylic acids is 1. The van der Waals surface area contributed by atoms with E-state index in [1.165, 1.54) is 12.1 Å². The summed E-state index contributed by atoms with van der Waals surface area (Å²) in [7, 11) is 0. The molecule has 0 aliphatic carbocycles. The molecule has 0 unspecified atom stereocenters. The highest BCUT2D eigenvalue weighted by atomic mass is 16.4. The molecule has 2 aromatic rings. The fourth-order valence-corrected chi connectivity index (χ4v) is 2.38. The zero-order valence-electron chi connectivity index (χ0n) is 12.4. The lowest BCUT2D eigenvalue weighted by Crippen LogP contribution is -2.42. The minimum Gasteiger partial charge on any atom is -0.478 e. The average Bonchev–Trinajstić information content (AvgIpc) is 2.76. The third kappa shape index (κ3) is 2.49. The van der Waals surface area contributed by atoms with Gasteiger partial charge in [0.2, 0.25) is 5.91 Å². The van der Waals surface area contributed by atoms with Crippen molar-refractivity contribution >= 4 is 22.9 Å². The summed E-state index contributed by atoms with van der Waals surface area (Å²) < 4.78 is 1.75. The van der Waals surface area contributed by atoms with E-state index in [1.807, 2.05) is 6.92 Å². The highest BCUT2D eigenvalue weighted by Gasteiger charge is 2.31. The molecule has 0 spiro atoms. The van der Waals surface area contributed by atoms with Crippen LogP contribution in [0.1, 0.15) is 43.4 Å². The predicted octanol–water partition coefficient (Wildman–Crippen LogP) is 1.91. The van der Waals surface area contributed by atoms with Gasteiger partial charge in [0.25, 0.3) is 0 Å². The summed E-state index contributed by atoms with van der Waals surface area (Å²) in [5.41, 5.74) is 5.97. The number of imidazole rings is 1. The van der Waals surface area contributed by atoms with E-state index in [0.29, 0.717) is 17.5 Å². The molecule has 21 heavy (non-hydrogen) atoms. The number of aromatic carboxylic acids is 1. The number of rotatable bonds is 5. The van der Waals surface area contributed by atoms with Crippen molar-refractivity contribution in [2.45, 2.75) is 39.2 Å². The maximum atomic E-state index is 11.8. The van der Waals surface area contributed by atoms with Gasteiger partial charge < -0.3 is 15.4 Å². The molecule has 1 aromatic heterocycles. The van der Waals surface area contributed by atoms with Crippen molar-refractivity contribution in [1.82, 2.24) is 9.55 Å². The number of nitrogens with zero attached hydrogens (tertiary/aromatic N) is 2. The molecule has 1 heterocycles. The molecule has 0 atom stereocenters. The first-order valence-electron chi connectivity index (χ1n) is 6.84. The van der Waals surface area contributed by atoms with Crippen LogP contribution in [-0.2, 0) is 16.8 Å². The van der Waals surface area contributed by atoms with E-state index >= 15 is 0 Å². The quantitative estimate of drug-likeness (QED) is 0.878. The number of carboxylic acids is 1. The molecule has 0 aliphatic rings. The summed E-state index contributed by atoms with van der Waals surface area (Å²) in [5, 5.41) is 9.14. The highest BCUT2D eigenvalue weighted by Crippen LogP contribution is 2.27. The average molecular weight is 289 g/mol. The number of hydrogen-bond acceptors (Lipinski definition) is 3. The molecule has 0 saturated heterocycles. The summed E-state index contributed by atoms with van der Waals surface area (Å²) >= 11 is 0. The van der Waals surface area contributed by atoms with E-state index < -0.39 is 17.4 Å². The van der Waals surface area contributed by atoms with Crippen LogP contribution in [0.25, 0.3) is 11.0 Å². The van der Waals surface area contributed by atoms with Crippen LogP contribution in [0.3, 0.4) is 0 Å². The van der Waals surface area contributed by atoms with Gasteiger partial charge in [-0.2, -0.15) is 0 Å². The second-order valence-electron chi connectivity index (χ2n) is 5.55. The number of aryl methyl sites for hydroxylation is 1. The Kier molecular flexibility index (Phi) is 3.72. The van der Waals surface area contributed by atoms with Gasteiger partial charge in [-0.3, -0.25) is 4.79 Å². The molecule has 6 heteroatoms. The first-order valence-corrected chi connectivity index (χ1v) is 6.84. The van der Waals surface area contributed by atoms with Crippen LogP contribution in [0, 0.1) is 0 Å². The van der Waals surface area contributed by atoms with Gasteiger partial charge in [0, 0.05) is 6.42 Å². The lowest BCUT2D eigenvalue weighted by molar-refractivity contribution is -0.125. The van der Waals surface area contributed by atoms with Crippen molar-refractivity contribution in [3.8, 4) is 0 Å². The lowest BCUT2D eigenvalue weighted by Gasteiger charge is -2.26. The SMILES string of the molecule is CCCc1nc2ccc(C(=O)O)cc2n1C(C)(C)C(N)=O. The molecule has 0 radical (unpaired) electrons. The maximum Gasteiger partial charge on any atom is 0.335 e. The van der Waals surface area contributed by atoms with Crippen molar-refractivity contribution in [1.29, 1.82) is 0 Å². The fourth-order valence-electron chi connectivity index (χ4n) is 2.38. The Labute approximate surface area is 122 Å². The van der Waals surface area contributed by atoms with Crippen LogP contribution in [0.5, 0.6) is 0 Å². The summed E-state index contributed by atoms with van der Waals surface area (Å²) in [4.78, 5) is 27.5. The van der Waals surface area contributed by atoms with Gasteiger partial charge in [0.15, 0.2) is 0 Å². The normalized spacial score (nSPS) is 11.8. The molecule has 3 N–H and O–H groups in total. The summed E-state index contributed by atoms with van der Waals surface area (Å²) in [6.45, 7) is 5.44. The lowest BCUT2D eigenvalue weighted by atomic mass is 10.0. The Morgan fingerprint density at radius 1 is 1.38 bits per heavy atom. The number of primary amides is 1. The van der Waals surface area contributed by atoms with E-state index in [2.05, 4.69) is 4.98 Å². The zero-order valence-corrected chi connectivity index (χ0v) is 12.4. The Bertz CT molecular complexity index is 716. The smallest absolute Gasteiger partial charge is 0.335 e. The van der Waals surface area contributed by atoms with Crippen molar-refractivity contribution < 1.29 is 14.7 Å². The number of fused-ring (bicyclic) bond motifs is 1. The number of hydrogen-bond donors (Lipinski definition) is 2. The Hall–Kier alpha value is -2.37. The van der Waals surface area contributed by atoms with Crippen LogP contribution in [0.2, 0.25) is 0 Å². The standard InChI is InChI=1S/C15H19N3O3/c1-4-5-12-17-10-7-6-9(13(19)20)8-11(10)18(12)15(2,3)14(16)21/h6-8H,4-5H2,1-3H3,(H2,16,21)(H,19,20). The molecular weight excluding hydrogens is 270 g/mol. The van der Waals surface area contributed by atoms with Gasteiger partial charge >= 0.3 is 5.97 Å². The molecule has 0 bridgehead atoms. The van der Waals surface area contributed by atoms with E-state index in [4.69, 9.17) is 10.8 Å². The first kappa shape index (κ1) is 15.0. The summed E-state index contributed by atoms with van der Waals surface area (Å²) in [6.07, 6.45) is 1.55. The van der Waals surface area contributed by atoms with Crippen molar-refractivity contribution in [3.05, 3.63) is 29.6 Å². The second kappa shape index (κ2) is 5.20. The van der Waals surface area contributed by atoms with E-state index in [1.54, 1.807) is 24.5 Å². The second-order valence-corrected chi connectivity index (χ2v) is 5.55. The van der Waals surface area contributed by atoms with Gasteiger partial charge in [0.05, 0.1) is 16.6 Å². The Morgan fingerprint density at radius 3 is 2.57 bits per heavy atom. The number of nitrogens with two attached hydrogens (primary N) is 1. The van der Waals surface area contributed by atoms with Crippen LogP contribution in [0.15, 0.2) is 18.2 Å². The topological polar surface area (TPSA) is 98.2 Å². The molecule has 112 valence electrons. The highest BCUT2D eigenvalue weighted by molar-refractivity contribution is 5.93. The number of carboxylic acid groups (broad SMARTS) is 1. The molecule has 2 rings (SSSR count). The largest absolute Gasteiger partial charge is 0.478 e. The van der Waals surface area contributed by atoms with Crippen molar-refractivity contribution in [3.63, 3.8) is 0 Å². The molecule has 6 nitrogen and oxygen atoms in total. The van der Waals surface area contributed by atoms with Crippen LogP contribution < -0.4 is 5.73 Å². The zero-order chi connectivity index (χ0) is 15.8. The molecule has 0 aliphatic heterocycles. The van der Waals surface area contributed by atoms with Crippen molar-refractivity contribution in [2.24, 2.45) is 5.73 Å². The number of amides is 1. The van der Waals surface area contributed by atoms with E-state index in [-0.39, 0.29) is 5.56 Å². The van der Waals surface area contributed by atoms with Gasteiger partial charge in [-0.25, -0.2) is 9.78 Å². The summed E-state index contributed by atoms with van der Waals surface area (Å²) in [6, 6.07) is 4.70. The monoisotopic (exact) mass is 289 g/mol. The third-order valence-electron chi connectivity index (χ3n) is 3.61. The van der Waals surface area contributed by atoms with Gasteiger partial charge in [-0.05, 0) is 38.5 Å². The van der Waals surface area contributed by atoms with Gasteiger partial charge in [-0.1, -0.05) is 6.92 Å². The van der Waals surface area contributed by atoms with Crippen LogP contribution in [0.4, 0.5) is 0 Å².